The van der Waals surface area contributed by atoms with E-state index >= 15 is 0 Å². The summed E-state index contributed by atoms with van der Waals surface area (Å²) in [5.41, 5.74) is 2.00. The van der Waals surface area contributed by atoms with Crippen LogP contribution in [0.25, 0.3) is 11.2 Å². The van der Waals surface area contributed by atoms with Gasteiger partial charge in [-0.05, 0) is 12.5 Å². The summed E-state index contributed by atoms with van der Waals surface area (Å²) in [6.07, 6.45) is 3.16. The fourth-order valence-corrected chi connectivity index (χ4v) is 1.14. The van der Waals surface area contributed by atoms with Crippen molar-refractivity contribution < 1.29 is 0 Å². The molecule has 0 bridgehead atoms. The van der Waals surface area contributed by atoms with Crippen LogP contribution in [0.4, 0.5) is 0 Å². The van der Waals surface area contributed by atoms with Crippen LogP contribution in [0, 0.1) is 6.92 Å². The summed E-state index contributed by atoms with van der Waals surface area (Å²) in [5, 5.41) is 0. The van der Waals surface area contributed by atoms with E-state index in [-0.39, 0.29) is 5.56 Å². The van der Waals surface area contributed by atoms with Crippen molar-refractivity contribution in [1.82, 2.24) is 15.0 Å². The van der Waals surface area contributed by atoms with Gasteiger partial charge in [0.05, 0.1) is 0 Å². The second-order valence-corrected chi connectivity index (χ2v) is 2.57. The summed E-state index contributed by atoms with van der Waals surface area (Å²) in [6.45, 7) is 5.84. The molecule has 0 fully saturated rings. The van der Waals surface area contributed by atoms with E-state index in [2.05, 4.69) is 15.0 Å². The third kappa shape index (κ3) is 1.96. The lowest BCUT2D eigenvalue weighted by atomic mass is 10.2. The molecule has 2 aromatic heterocycles. The fraction of sp³-hybridized carbons (Fsp3) is 0.300. The molecule has 4 nitrogen and oxygen atoms in total. The van der Waals surface area contributed by atoms with Gasteiger partial charge in [0.1, 0.15) is 5.52 Å². The molecule has 0 aliphatic heterocycles. The van der Waals surface area contributed by atoms with Crippen molar-refractivity contribution in [3.8, 4) is 0 Å². The smallest absolute Gasteiger partial charge is 0.249 e. The van der Waals surface area contributed by atoms with Crippen LogP contribution in [-0.4, -0.2) is 15.0 Å². The second-order valence-electron chi connectivity index (χ2n) is 2.57. The molecule has 0 spiro atoms. The van der Waals surface area contributed by atoms with Crippen LogP contribution in [-0.2, 0) is 0 Å². The first-order valence-corrected chi connectivity index (χ1v) is 4.58. The van der Waals surface area contributed by atoms with Crippen molar-refractivity contribution >= 4 is 11.2 Å². The minimum atomic E-state index is -0.138. The summed E-state index contributed by atoms with van der Waals surface area (Å²) in [5.74, 6) is 0. The molecule has 0 aliphatic rings. The molecule has 14 heavy (non-hydrogen) atoms. The van der Waals surface area contributed by atoms with Crippen molar-refractivity contribution in [1.29, 1.82) is 0 Å². The van der Waals surface area contributed by atoms with Crippen LogP contribution in [0.5, 0.6) is 0 Å². The first-order valence-electron chi connectivity index (χ1n) is 4.58. The molecule has 0 aromatic carbocycles. The normalized spacial score (nSPS) is 9.36. The molecule has 0 aliphatic carbocycles. The molecule has 2 heterocycles. The second kappa shape index (κ2) is 4.50. The fourth-order valence-electron chi connectivity index (χ4n) is 1.14. The molecule has 4 heteroatoms. The molecule has 2 aromatic rings. The van der Waals surface area contributed by atoms with Gasteiger partial charge in [-0.2, -0.15) is 0 Å². The minimum Gasteiger partial charge on any atom is -0.305 e. The third-order valence-electron chi connectivity index (χ3n) is 1.66. The molecule has 0 amide bonds. The van der Waals surface area contributed by atoms with Gasteiger partial charge in [-0.15, -0.1) is 0 Å². The Bertz CT molecular complexity index is 476. The first-order chi connectivity index (χ1) is 6.77. The Kier molecular flexibility index (Phi) is 3.34. The maximum absolute atomic E-state index is 11.0. The molecule has 2 rings (SSSR count). The SMILES string of the molecule is CC.Cc1cc(=O)[nH]c2nccnc12. The average Bonchev–Trinajstić information content (AvgIpc) is 2.20. The number of aromatic amines is 1. The Morgan fingerprint density at radius 2 is 1.86 bits per heavy atom. The number of pyridine rings is 1. The number of aryl methyl sites for hydroxylation is 1. The Balaban J connectivity index is 0.000000461. The lowest BCUT2D eigenvalue weighted by molar-refractivity contribution is 1.17. The number of rotatable bonds is 0. The highest BCUT2D eigenvalue weighted by Crippen LogP contribution is 2.06. The summed E-state index contributed by atoms with van der Waals surface area (Å²) in [4.78, 5) is 21.7. The van der Waals surface area contributed by atoms with Gasteiger partial charge in [0.25, 0.3) is 0 Å². The number of hydrogen-bond acceptors (Lipinski definition) is 3. The highest BCUT2D eigenvalue weighted by Gasteiger charge is 1.99. The standard InChI is InChI=1S/C8H7N3O.C2H6/c1-5-4-6(12)11-8-7(5)9-2-3-10-8;1-2/h2-4H,1H3,(H,10,11,12);1-2H3. The number of aromatic nitrogens is 3. The summed E-state index contributed by atoms with van der Waals surface area (Å²) < 4.78 is 0. The van der Waals surface area contributed by atoms with Crippen LogP contribution in [0.2, 0.25) is 0 Å². The Morgan fingerprint density at radius 1 is 1.21 bits per heavy atom. The molecule has 1 N–H and O–H groups in total. The van der Waals surface area contributed by atoms with E-state index in [1.54, 1.807) is 12.4 Å². The average molecular weight is 191 g/mol. The van der Waals surface area contributed by atoms with Crippen LogP contribution >= 0.6 is 0 Å². The molecule has 0 atom stereocenters. The number of fused-ring (bicyclic) bond motifs is 1. The van der Waals surface area contributed by atoms with Crippen molar-refractivity contribution in [2.45, 2.75) is 20.8 Å². The number of hydrogen-bond donors (Lipinski definition) is 1. The van der Waals surface area contributed by atoms with E-state index in [1.807, 2.05) is 20.8 Å². The van der Waals surface area contributed by atoms with Gasteiger partial charge in [-0.3, -0.25) is 9.78 Å². The Labute approximate surface area is 82.0 Å². The molecule has 0 radical (unpaired) electrons. The Hall–Kier alpha value is -1.71. The minimum absolute atomic E-state index is 0.138. The number of nitrogens with one attached hydrogen (secondary N) is 1. The zero-order valence-electron chi connectivity index (χ0n) is 8.53. The van der Waals surface area contributed by atoms with Crippen LogP contribution in [0.15, 0.2) is 23.3 Å². The number of nitrogens with zero attached hydrogens (tertiary/aromatic N) is 2. The molecular weight excluding hydrogens is 178 g/mol. The predicted octanol–water partition coefficient (Wildman–Crippen LogP) is 1.65. The van der Waals surface area contributed by atoms with Gasteiger partial charge in [0.15, 0.2) is 5.65 Å². The largest absolute Gasteiger partial charge is 0.305 e. The lowest BCUT2D eigenvalue weighted by Crippen LogP contribution is -2.06. The topological polar surface area (TPSA) is 58.6 Å². The van der Waals surface area contributed by atoms with Crippen molar-refractivity contribution in [2.24, 2.45) is 0 Å². The van der Waals surface area contributed by atoms with E-state index in [4.69, 9.17) is 0 Å². The molecule has 0 unspecified atom stereocenters. The molecule has 0 saturated heterocycles. The van der Waals surface area contributed by atoms with Gasteiger partial charge in [-0.25, -0.2) is 4.98 Å². The van der Waals surface area contributed by atoms with Crippen molar-refractivity contribution in [3.05, 3.63) is 34.4 Å². The lowest BCUT2D eigenvalue weighted by Gasteiger charge is -1.96. The summed E-state index contributed by atoms with van der Waals surface area (Å²) in [6, 6.07) is 1.51. The van der Waals surface area contributed by atoms with Gasteiger partial charge in [0.2, 0.25) is 5.56 Å². The van der Waals surface area contributed by atoms with Gasteiger partial charge >= 0.3 is 0 Å². The third-order valence-corrected chi connectivity index (χ3v) is 1.66. The zero-order valence-corrected chi connectivity index (χ0v) is 8.53. The van der Waals surface area contributed by atoms with E-state index in [1.165, 1.54) is 6.07 Å². The predicted molar refractivity (Wildman–Crippen MR) is 56.2 cm³/mol. The highest BCUT2D eigenvalue weighted by molar-refractivity contribution is 5.72. The van der Waals surface area contributed by atoms with Crippen LogP contribution < -0.4 is 5.56 Å². The zero-order chi connectivity index (χ0) is 10.6. The van der Waals surface area contributed by atoms with Gasteiger partial charge in [-0.1, -0.05) is 13.8 Å². The first kappa shape index (κ1) is 10.4. The Morgan fingerprint density at radius 3 is 2.57 bits per heavy atom. The van der Waals surface area contributed by atoms with E-state index in [9.17, 15) is 4.79 Å². The van der Waals surface area contributed by atoms with Crippen LogP contribution in [0.3, 0.4) is 0 Å². The van der Waals surface area contributed by atoms with E-state index in [0.717, 1.165) is 11.1 Å². The molecular formula is C10H13N3O. The van der Waals surface area contributed by atoms with Crippen molar-refractivity contribution in [2.75, 3.05) is 0 Å². The van der Waals surface area contributed by atoms with Gasteiger partial charge in [0, 0.05) is 18.5 Å². The molecule has 0 saturated carbocycles. The van der Waals surface area contributed by atoms with Crippen LogP contribution in [0.1, 0.15) is 19.4 Å². The highest BCUT2D eigenvalue weighted by atomic mass is 16.1. The van der Waals surface area contributed by atoms with E-state index < -0.39 is 0 Å². The number of H-pyrrole nitrogens is 1. The molecule has 74 valence electrons. The quantitative estimate of drug-likeness (QED) is 0.688. The van der Waals surface area contributed by atoms with Gasteiger partial charge < -0.3 is 4.98 Å². The summed E-state index contributed by atoms with van der Waals surface area (Å²) in [7, 11) is 0. The maximum atomic E-state index is 11.0. The van der Waals surface area contributed by atoms with Crippen molar-refractivity contribution in [3.63, 3.8) is 0 Å². The summed E-state index contributed by atoms with van der Waals surface area (Å²) >= 11 is 0. The van der Waals surface area contributed by atoms with E-state index in [0.29, 0.717) is 5.65 Å². The maximum Gasteiger partial charge on any atom is 0.249 e. The monoisotopic (exact) mass is 191 g/mol.